The summed E-state index contributed by atoms with van der Waals surface area (Å²) >= 11 is 0. The molecule has 2 rings (SSSR count). The minimum atomic E-state index is -0.271. The molecule has 0 spiro atoms. The van der Waals surface area contributed by atoms with Gasteiger partial charge >= 0.3 is 0 Å². The van der Waals surface area contributed by atoms with Gasteiger partial charge in [-0.25, -0.2) is 9.82 Å². The summed E-state index contributed by atoms with van der Waals surface area (Å²) in [7, 11) is 0. The first-order valence-corrected chi connectivity index (χ1v) is 7.44. The van der Waals surface area contributed by atoms with E-state index in [9.17, 15) is 9.18 Å². The summed E-state index contributed by atoms with van der Waals surface area (Å²) in [6.45, 7) is 5.02. The molecule has 2 unspecified atom stereocenters. The first-order valence-electron chi connectivity index (χ1n) is 7.44. The lowest BCUT2D eigenvalue weighted by Crippen LogP contribution is -2.38. The Morgan fingerprint density at radius 1 is 1.27 bits per heavy atom. The minimum Gasteiger partial charge on any atom is -0.354 e. The largest absolute Gasteiger partial charge is 0.354 e. The molecule has 124 valence electrons. The van der Waals surface area contributed by atoms with E-state index in [2.05, 4.69) is 28.4 Å². The second kappa shape index (κ2) is 9.74. The van der Waals surface area contributed by atoms with Gasteiger partial charge in [0.1, 0.15) is 5.82 Å². The van der Waals surface area contributed by atoms with Crippen LogP contribution in [0, 0.1) is 11.7 Å². The summed E-state index contributed by atoms with van der Waals surface area (Å²) in [6, 6.07) is 6.12. The van der Waals surface area contributed by atoms with Crippen molar-refractivity contribution in [3.8, 4) is 0 Å². The van der Waals surface area contributed by atoms with Crippen LogP contribution in [0.1, 0.15) is 24.9 Å². The molecule has 0 radical (unpaired) electrons. The van der Waals surface area contributed by atoms with Crippen LogP contribution in [0.2, 0.25) is 0 Å². The second-order valence-electron chi connectivity index (χ2n) is 5.20. The van der Waals surface area contributed by atoms with E-state index in [-0.39, 0.29) is 36.1 Å². The maximum absolute atomic E-state index is 13.0. The molecule has 1 aromatic rings. The Morgan fingerprint density at radius 3 is 2.68 bits per heavy atom. The molecular weight excluding hydrogens is 307 g/mol. The first-order chi connectivity index (χ1) is 10.2. The zero-order valence-electron chi connectivity index (χ0n) is 12.7. The molecule has 1 aliphatic rings. The molecule has 1 saturated heterocycles. The van der Waals surface area contributed by atoms with Crippen LogP contribution in [-0.2, 0) is 4.79 Å². The molecule has 0 aromatic heterocycles. The Kier molecular flexibility index (Phi) is 8.34. The molecule has 1 fully saturated rings. The average molecular weight is 331 g/mol. The number of hydrazine groups is 1. The number of halogens is 2. The van der Waals surface area contributed by atoms with Gasteiger partial charge in [-0.3, -0.25) is 10.2 Å². The highest BCUT2D eigenvalue weighted by molar-refractivity contribution is 5.85. The SMILES string of the molecule is CCCNCCNC(=O)C1CNNC1c1ccc(F)cc1.Cl. The highest BCUT2D eigenvalue weighted by Gasteiger charge is 2.33. The van der Waals surface area contributed by atoms with Crippen molar-refractivity contribution >= 4 is 18.3 Å². The van der Waals surface area contributed by atoms with Gasteiger partial charge in [-0.05, 0) is 30.7 Å². The Hall–Kier alpha value is -1.21. The molecule has 1 aromatic carbocycles. The van der Waals surface area contributed by atoms with Crippen molar-refractivity contribution in [2.24, 2.45) is 5.92 Å². The van der Waals surface area contributed by atoms with Crippen LogP contribution in [0.15, 0.2) is 24.3 Å². The van der Waals surface area contributed by atoms with Crippen LogP contribution in [0.25, 0.3) is 0 Å². The summed E-state index contributed by atoms with van der Waals surface area (Å²) in [5, 5.41) is 6.18. The number of amides is 1. The summed E-state index contributed by atoms with van der Waals surface area (Å²) in [6.07, 6.45) is 1.08. The number of hydrogen-bond donors (Lipinski definition) is 4. The third kappa shape index (κ3) is 5.21. The minimum absolute atomic E-state index is 0. The molecule has 1 heterocycles. The van der Waals surface area contributed by atoms with Gasteiger partial charge in [0.25, 0.3) is 0 Å². The predicted molar refractivity (Wildman–Crippen MR) is 87.2 cm³/mol. The maximum atomic E-state index is 13.0. The molecular formula is C15H24ClFN4O. The van der Waals surface area contributed by atoms with E-state index >= 15 is 0 Å². The highest BCUT2D eigenvalue weighted by Crippen LogP contribution is 2.25. The van der Waals surface area contributed by atoms with Gasteiger partial charge in [0, 0.05) is 19.6 Å². The Labute approximate surface area is 136 Å². The molecule has 5 nitrogen and oxygen atoms in total. The van der Waals surface area contributed by atoms with Crippen LogP contribution in [0.3, 0.4) is 0 Å². The molecule has 0 aliphatic carbocycles. The van der Waals surface area contributed by atoms with Gasteiger partial charge in [-0.1, -0.05) is 19.1 Å². The molecule has 4 N–H and O–H groups in total. The number of carbonyl (C=O) groups excluding carboxylic acids is 1. The quantitative estimate of drug-likeness (QED) is 0.566. The summed E-state index contributed by atoms with van der Waals surface area (Å²) in [5.74, 6) is -0.450. The number of benzene rings is 1. The molecule has 1 amide bonds. The van der Waals surface area contributed by atoms with Crippen molar-refractivity contribution in [3.05, 3.63) is 35.6 Å². The maximum Gasteiger partial charge on any atom is 0.226 e. The van der Waals surface area contributed by atoms with Gasteiger partial charge in [0.05, 0.1) is 12.0 Å². The van der Waals surface area contributed by atoms with Crippen molar-refractivity contribution in [3.63, 3.8) is 0 Å². The fourth-order valence-electron chi connectivity index (χ4n) is 2.43. The number of hydrogen-bond acceptors (Lipinski definition) is 4. The molecule has 22 heavy (non-hydrogen) atoms. The third-order valence-electron chi connectivity index (χ3n) is 3.58. The molecule has 2 atom stereocenters. The van der Waals surface area contributed by atoms with Gasteiger partial charge in [-0.15, -0.1) is 12.4 Å². The van der Waals surface area contributed by atoms with E-state index in [0.29, 0.717) is 13.1 Å². The third-order valence-corrected chi connectivity index (χ3v) is 3.58. The van der Waals surface area contributed by atoms with Gasteiger partial charge in [0.2, 0.25) is 5.91 Å². The Morgan fingerprint density at radius 2 is 2.00 bits per heavy atom. The van der Waals surface area contributed by atoms with Crippen LogP contribution >= 0.6 is 12.4 Å². The predicted octanol–water partition coefficient (Wildman–Crippen LogP) is 1.13. The van der Waals surface area contributed by atoms with Crippen molar-refractivity contribution in [1.82, 2.24) is 21.5 Å². The van der Waals surface area contributed by atoms with E-state index in [1.165, 1.54) is 12.1 Å². The van der Waals surface area contributed by atoms with Crippen molar-refractivity contribution in [2.45, 2.75) is 19.4 Å². The van der Waals surface area contributed by atoms with Crippen LogP contribution in [0.4, 0.5) is 4.39 Å². The van der Waals surface area contributed by atoms with E-state index in [1.54, 1.807) is 12.1 Å². The highest BCUT2D eigenvalue weighted by atomic mass is 35.5. The number of rotatable bonds is 7. The standard InChI is InChI=1S/C15H23FN4O.ClH/c1-2-7-17-8-9-18-15(21)13-10-19-20-14(13)11-3-5-12(16)6-4-11;/h3-6,13-14,17,19-20H,2,7-10H2,1H3,(H,18,21);1H. The number of carbonyl (C=O) groups is 1. The summed E-state index contributed by atoms with van der Waals surface area (Å²) in [4.78, 5) is 12.2. The van der Waals surface area contributed by atoms with Crippen molar-refractivity contribution in [1.29, 1.82) is 0 Å². The topological polar surface area (TPSA) is 65.2 Å². The summed E-state index contributed by atoms with van der Waals surface area (Å²) in [5.41, 5.74) is 7.00. The first kappa shape index (κ1) is 18.8. The monoisotopic (exact) mass is 330 g/mol. The second-order valence-corrected chi connectivity index (χ2v) is 5.20. The zero-order valence-corrected chi connectivity index (χ0v) is 13.5. The van der Waals surface area contributed by atoms with E-state index in [4.69, 9.17) is 0 Å². The Bertz CT molecular complexity index is 457. The molecule has 7 heteroatoms. The molecule has 0 bridgehead atoms. The van der Waals surface area contributed by atoms with Crippen molar-refractivity contribution in [2.75, 3.05) is 26.2 Å². The normalized spacial score (nSPS) is 20.5. The fraction of sp³-hybridized carbons (Fsp3) is 0.533. The lowest BCUT2D eigenvalue weighted by molar-refractivity contribution is -0.124. The zero-order chi connectivity index (χ0) is 15.1. The van der Waals surface area contributed by atoms with E-state index in [0.717, 1.165) is 25.1 Å². The van der Waals surface area contributed by atoms with E-state index < -0.39 is 0 Å². The van der Waals surface area contributed by atoms with Crippen molar-refractivity contribution < 1.29 is 9.18 Å². The molecule has 0 saturated carbocycles. The fourth-order valence-corrected chi connectivity index (χ4v) is 2.43. The lowest BCUT2D eigenvalue weighted by atomic mass is 9.94. The Balaban J connectivity index is 0.00000242. The van der Waals surface area contributed by atoms with Gasteiger partial charge < -0.3 is 10.6 Å². The van der Waals surface area contributed by atoms with E-state index in [1.807, 2.05) is 0 Å². The van der Waals surface area contributed by atoms with Crippen LogP contribution in [-0.4, -0.2) is 32.1 Å². The van der Waals surface area contributed by atoms with Crippen LogP contribution in [0.5, 0.6) is 0 Å². The smallest absolute Gasteiger partial charge is 0.226 e. The number of nitrogens with one attached hydrogen (secondary N) is 4. The lowest BCUT2D eigenvalue weighted by Gasteiger charge is -2.18. The van der Waals surface area contributed by atoms with Gasteiger partial charge in [0.15, 0.2) is 0 Å². The average Bonchev–Trinajstić information content (AvgIpc) is 2.97. The molecule has 1 aliphatic heterocycles. The van der Waals surface area contributed by atoms with Crippen LogP contribution < -0.4 is 21.5 Å². The van der Waals surface area contributed by atoms with Gasteiger partial charge in [-0.2, -0.15) is 0 Å². The summed E-state index contributed by atoms with van der Waals surface area (Å²) < 4.78 is 13.0.